The van der Waals surface area contributed by atoms with E-state index in [1.54, 1.807) is 7.11 Å². The molecule has 2 rings (SSSR count). The molecule has 19 heavy (non-hydrogen) atoms. The van der Waals surface area contributed by atoms with Crippen molar-refractivity contribution in [2.24, 2.45) is 0 Å². The van der Waals surface area contributed by atoms with Crippen LogP contribution in [-0.4, -0.2) is 25.7 Å². The Bertz CT molecular complexity index is 612. The summed E-state index contributed by atoms with van der Waals surface area (Å²) in [6.07, 6.45) is -0.0197. The molecule has 0 spiro atoms. The number of nitrogens with two attached hydrogens (primary N) is 1. The van der Waals surface area contributed by atoms with Crippen molar-refractivity contribution in [3.8, 4) is 0 Å². The molecule has 1 amide bonds. The van der Waals surface area contributed by atoms with Gasteiger partial charge in [0.2, 0.25) is 0 Å². The number of fused-ring (bicyclic) bond motifs is 1. The Morgan fingerprint density at radius 1 is 1.58 bits per heavy atom. The second-order valence-corrected chi connectivity index (χ2v) is 6.21. The molecular formula is C13H15BrN2O2S. The maximum Gasteiger partial charge on any atom is 0.263 e. The van der Waals surface area contributed by atoms with E-state index in [0.29, 0.717) is 17.1 Å². The van der Waals surface area contributed by atoms with Crippen LogP contribution in [-0.2, 0) is 4.74 Å². The lowest BCUT2D eigenvalue weighted by atomic mass is 10.2. The van der Waals surface area contributed by atoms with Crippen molar-refractivity contribution in [1.82, 2.24) is 5.32 Å². The Hall–Kier alpha value is -1.11. The van der Waals surface area contributed by atoms with Gasteiger partial charge in [-0.15, -0.1) is 11.3 Å². The molecule has 0 aliphatic rings. The number of ether oxygens (including phenoxy) is 1. The van der Waals surface area contributed by atoms with Gasteiger partial charge in [-0.25, -0.2) is 0 Å². The smallest absolute Gasteiger partial charge is 0.263 e. The average Bonchev–Trinajstić information content (AvgIpc) is 2.73. The highest BCUT2D eigenvalue weighted by Gasteiger charge is 2.16. The molecule has 0 saturated heterocycles. The summed E-state index contributed by atoms with van der Waals surface area (Å²) in [6, 6.07) is 5.82. The predicted molar refractivity (Wildman–Crippen MR) is 82.7 cm³/mol. The van der Waals surface area contributed by atoms with Crippen LogP contribution >= 0.6 is 27.3 Å². The van der Waals surface area contributed by atoms with Gasteiger partial charge in [0.1, 0.15) is 4.88 Å². The number of benzene rings is 1. The molecule has 1 atom stereocenters. The minimum absolute atomic E-state index is 0.0197. The molecule has 102 valence electrons. The minimum atomic E-state index is -0.154. The molecular weight excluding hydrogens is 328 g/mol. The van der Waals surface area contributed by atoms with Crippen LogP contribution in [0.4, 0.5) is 5.69 Å². The highest BCUT2D eigenvalue weighted by Crippen LogP contribution is 2.35. The Kier molecular flexibility index (Phi) is 4.44. The highest BCUT2D eigenvalue weighted by molar-refractivity contribution is 9.10. The summed E-state index contributed by atoms with van der Waals surface area (Å²) in [7, 11) is 1.61. The van der Waals surface area contributed by atoms with Crippen LogP contribution in [0.1, 0.15) is 16.6 Å². The van der Waals surface area contributed by atoms with E-state index in [1.165, 1.54) is 11.3 Å². The number of carbonyl (C=O) groups is 1. The van der Waals surface area contributed by atoms with Crippen molar-refractivity contribution in [2.45, 2.75) is 13.0 Å². The van der Waals surface area contributed by atoms with Crippen LogP contribution < -0.4 is 11.1 Å². The van der Waals surface area contributed by atoms with E-state index in [9.17, 15) is 4.79 Å². The Morgan fingerprint density at radius 3 is 3.00 bits per heavy atom. The number of carbonyl (C=O) groups excluding carboxylic acids is 1. The predicted octanol–water partition coefficient (Wildman–Crippen LogP) is 3.01. The standard InChI is InChI=1S/C13H15BrN2O2S/c1-7(18-2)6-16-13(17)12-11(15)9-5-8(14)3-4-10(9)19-12/h3-5,7H,6,15H2,1-2H3,(H,16,17). The van der Waals surface area contributed by atoms with Crippen LogP contribution in [0.15, 0.2) is 22.7 Å². The van der Waals surface area contributed by atoms with Gasteiger partial charge < -0.3 is 15.8 Å². The SMILES string of the molecule is COC(C)CNC(=O)c1sc2ccc(Br)cc2c1N. The molecule has 0 aliphatic heterocycles. The van der Waals surface area contributed by atoms with Gasteiger partial charge in [-0.05, 0) is 25.1 Å². The molecule has 3 N–H and O–H groups in total. The maximum absolute atomic E-state index is 12.1. The van der Waals surface area contributed by atoms with Crippen molar-refractivity contribution in [3.05, 3.63) is 27.5 Å². The minimum Gasteiger partial charge on any atom is -0.397 e. The molecule has 4 nitrogen and oxygen atoms in total. The molecule has 1 unspecified atom stereocenters. The van der Waals surface area contributed by atoms with Gasteiger partial charge in [-0.1, -0.05) is 15.9 Å². The number of hydrogen-bond acceptors (Lipinski definition) is 4. The van der Waals surface area contributed by atoms with Crippen LogP contribution in [0, 0.1) is 0 Å². The average molecular weight is 343 g/mol. The first-order valence-electron chi connectivity index (χ1n) is 5.81. The second-order valence-electron chi connectivity index (χ2n) is 4.24. The van der Waals surface area contributed by atoms with Gasteiger partial charge in [-0.3, -0.25) is 4.79 Å². The number of amides is 1. The summed E-state index contributed by atoms with van der Waals surface area (Å²) in [5.41, 5.74) is 6.58. The lowest BCUT2D eigenvalue weighted by molar-refractivity contribution is 0.0874. The molecule has 1 aromatic carbocycles. The summed E-state index contributed by atoms with van der Waals surface area (Å²) >= 11 is 4.81. The molecule has 1 aromatic heterocycles. The Balaban J connectivity index is 2.25. The first-order valence-corrected chi connectivity index (χ1v) is 7.42. The fourth-order valence-corrected chi connectivity index (χ4v) is 3.04. The quantitative estimate of drug-likeness (QED) is 0.897. The van der Waals surface area contributed by atoms with E-state index >= 15 is 0 Å². The van der Waals surface area contributed by atoms with Crippen molar-refractivity contribution < 1.29 is 9.53 Å². The van der Waals surface area contributed by atoms with Crippen LogP contribution in [0.5, 0.6) is 0 Å². The van der Waals surface area contributed by atoms with E-state index in [1.807, 2.05) is 25.1 Å². The third kappa shape index (κ3) is 3.08. The molecule has 0 saturated carbocycles. The first kappa shape index (κ1) is 14.3. The summed E-state index contributed by atoms with van der Waals surface area (Å²) in [5.74, 6) is -0.154. The number of anilines is 1. The largest absolute Gasteiger partial charge is 0.397 e. The van der Waals surface area contributed by atoms with Crippen LogP contribution in [0.3, 0.4) is 0 Å². The third-order valence-corrected chi connectivity index (χ3v) is 4.53. The zero-order valence-electron chi connectivity index (χ0n) is 10.7. The summed E-state index contributed by atoms with van der Waals surface area (Å²) < 4.78 is 7.05. The lowest BCUT2D eigenvalue weighted by Crippen LogP contribution is -2.31. The van der Waals surface area contributed by atoms with Gasteiger partial charge in [0.15, 0.2) is 0 Å². The van der Waals surface area contributed by atoms with E-state index < -0.39 is 0 Å². The number of hydrogen-bond donors (Lipinski definition) is 2. The fourth-order valence-electron chi connectivity index (χ4n) is 1.66. The molecule has 0 aliphatic carbocycles. The number of halogens is 1. The first-order chi connectivity index (χ1) is 9.02. The number of nitrogens with one attached hydrogen (secondary N) is 1. The highest BCUT2D eigenvalue weighted by atomic mass is 79.9. The van der Waals surface area contributed by atoms with Crippen molar-refractivity contribution in [2.75, 3.05) is 19.4 Å². The van der Waals surface area contributed by atoms with E-state index in [4.69, 9.17) is 10.5 Å². The monoisotopic (exact) mass is 342 g/mol. The van der Waals surface area contributed by atoms with E-state index in [-0.39, 0.29) is 12.0 Å². The zero-order chi connectivity index (χ0) is 14.0. The number of thiophene rings is 1. The summed E-state index contributed by atoms with van der Waals surface area (Å²) in [6.45, 7) is 2.36. The molecule has 0 bridgehead atoms. The topological polar surface area (TPSA) is 64.3 Å². The number of nitrogen functional groups attached to an aromatic ring is 1. The van der Waals surface area contributed by atoms with Crippen molar-refractivity contribution in [1.29, 1.82) is 0 Å². The fraction of sp³-hybridized carbons (Fsp3) is 0.308. The Morgan fingerprint density at radius 2 is 2.32 bits per heavy atom. The zero-order valence-corrected chi connectivity index (χ0v) is 13.1. The van der Waals surface area contributed by atoms with Crippen LogP contribution in [0.2, 0.25) is 0 Å². The van der Waals surface area contributed by atoms with Crippen molar-refractivity contribution in [3.63, 3.8) is 0 Å². The molecule has 6 heteroatoms. The third-order valence-electron chi connectivity index (χ3n) is 2.85. The normalized spacial score (nSPS) is 12.6. The number of rotatable bonds is 4. The maximum atomic E-state index is 12.1. The molecule has 0 fully saturated rings. The molecule has 1 heterocycles. The number of methoxy groups -OCH3 is 1. The molecule has 0 radical (unpaired) electrons. The van der Waals surface area contributed by atoms with Gasteiger partial charge in [0.05, 0.1) is 11.8 Å². The summed E-state index contributed by atoms with van der Waals surface area (Å²) in [5, 5.41) is 3.73. The summed E-state index contributed by atoms with van der Waals surface area (Å²) in [4.78, 5) is 12.6. The van der Waals surface area contributed by atoms with Gasteiger partial charge in [0.25, 0.3) is 5.91 Å². The second kappa shape index (κ2) is 5.90. The Labute approximate surface area is 124 Å². The van der Waals surface area contributed by atoms with Gasteiger partial charge >= 0.3 is 0 Å². The lowest BCUT2D eigenvalue weighted by Gasteiger charge is -2.10. The van der Waals surface area contributed by atoms with Gasteiger partial charge in [-0.2, -0.15) is 0 Å². The molecule has 2 aromatic rings. The van der Waals surface area contributed by atoms with Gasteiger partial charge in [0, 0.05) is 28.2 Å². The van der Waals surface area contributed by atoms with E-state index in [0.717, 1.165) is 14.6 Å². The van der Waals surface area contributed by atoms with Crippen molar-refractivity contribution >= 4 is 48.9 Å². The van der Waals surface area contributed by atoms with E-state index in [2.05, 4.69) is 21.2 Å². The van der Waals surface area contributed by atoms with Crippen LogP contribution in [0.25, 0.3) is 10.1 Å².